The number of aliphatic carboxylic acids is 1. The molecule has 0 aromatic rings. The molecule has 0 radical (unpaired) electrons. The lowest BCUT2D eigenvalue weighted by Crippen LogP contribution is -2.41. The highest BCUT2D eigenvalue weighted by Crippen LogP contribution is 2.47. The van der Waals surface area contributed by atoms with E-state index in [1.165, 1.54) is 0 Å². The molecular weight excluding hydrogens is 178 g/mol. The van der Waals surface area contributed by atoms with Gasteiger partial charge in [-0.2, -0.15) is 0 Å². The molecule has 1 unspecified atom stereocenters. The molecule has 0 spiro atoms. The molecule has 0 heterocycles. The van der Waals surface area contributed by atoms with Crippen molar-refractivity contribution in [2.45, 2.75) is 39.0 Å². The first-order valence-electron chi connectivity index (χ1n) is 4.35. The molecule has 0 saturated heterocycles. The van der Waals surface area contributed by atoms with E-state index in [0.29, 0.717) is 0 Å². The topological polar surface area (TPSA) is 37.3 Å². The van der Waals surface area contributed by atoms with Crippen molar-refractivity contribution in [1.29, 1.82) is 0 Å². The second-order valence-electron chi connectivity index (χ2n) is 4.44. The van der Waals surface area contributed by atoms with Gasteiger partial charge >= 0.3 is 5.97 Å². The van der Waals surface area contributed by atoms with Crippen molar-refractivity contribution in [3.8, 4) is 0 Å². The lowest BCUT2D eigenvalue weighted by molar-refractivity contribution is -0.159. The lowest BCUT2D eigenvalue weighted by Gasteiger charge is -2.39. The average molecular weight is 192 g/mol. The number of carbonyl (C=O) groups is 1. The van der Waals surface area contributed by atoms with Crippen LogP contribution in [0.2, 0.25) is 0 Å². The predicted octanol–water partition coefficient (Wildman–Crippen LogP) is 2.53. The molecule has 1 saturated carbocycles. The van der Waals surface area contributed by atoms with Crippen LogP contribution in [-0.2, 0) is 4.79 Å². The van der Waals surface area contributed by atoms with Crippen LogP contribution >= 0.6 is 0 Å². The largest absolute Gasteiger partial charge is 0.481 e. The highest BCUT2D eigenvalue weighted by Gasteiger charge is 2.48. The van der Waals surface area contributed by atoms with Crippen LogP contribution < -0.4 is 0 Å². The summed E-state index contributed by atoms with van der Waals surface area (Å²) in [5, 5.41) is 8.77. The van der Waals surface area contributed by atoms with E-state index in [1.54, 1.807) is 13.8 Å². The maximum atomic E-state index is 12.9. The Morgan fingerprint density at radius 3 is 2.31 bits per heavy atom. The molecule has 0 aliphatic heterocycles. The zero-order valence-electron chi connectivity index (χ0n) is 7.81. The van der Waals surface area contributed by atoms with Crippen LogP contribution in [0.5, 0.6) is 0 Å². The molecule has 2 nitrogen and oxygen atoms in total. The van der Waals surface area contributed by atoms with Gasteiger partial charge in [0.25, 0.3) is 0 Å². The number of halogens is 2. The van der Waals surface area contributed by atoms with E-state index in [1.807, 2.05) is 0 Å². The number of hydrogen-bond acceptors (Lipinski definition) is 1. The molecule has 1 atom stereocenters. The van der Waals surface area contributed by atoms with Gasteiger partial charge < -0.3 is 5.11 Å². The molecule has 1 rings (SSSR count). The normalized spacial score (nSPS) is 31.2. The first kappa shape index (κ1) is 10.4. The van der Waals surface area contributed by atoms with E-state index < -0.39 is 29.6 Å². The summed E-state index contributed by atoms with van der Waals surface area (Å²) in [4.78, 5) is 10.7. The second kappa shape index (κ2) is 2.93. The number of alkyl halides is 2. The maximum absolute atomic E-state index is 12.9. The lowest BCUT2D eigenvalue weighted by atomic mass is 9.67. The fourth-order valence-electron chi connectivity index (χ4n) is 1.78. The Bertz CT molecular complexity index is 224. The third kappa shape index (κ3) is 2.17. The predicted molar refractivity (Wildman–Crippen MR) is 43.7 cm³/mol. The minimum absolute atomic E-state index is 0.191. The van der Waals surface area contributed by atoms with Crippen molar-refractivity contribution in [3.05, 3.63) is 0 Å². The number of hydrogen-bond donors (Lipinski definition) is 1. The minimum Gasteiger partial charge on any atom is -0.481 e. The molecule has 0 bridgehead atoms. The van der Waals surface area contributed by atoms with E-state index >= 15 is 0 Å². The molecular formula is C9H14F2O2. The van der Waals surface area contributed by atoms with Crippen molar-refractivity contribution in [2.24, 2.45) is 11.3 Å². The Kier molecular flexibility index (Phi) is 2.34. The van der Waals surface area contributed by atoms with Crippen LogP contribution in [0.15, 0.2) is 0 Å². The molecule has 1 aliphatic carbocycles. The monoisotopic (exact) mass is 192 g/mol. The van der Waals surface area contributed by atoms with Gasteiger partial charge in [-0.05, 0) is 11.8 Å². The fourth-order valence-corrected chi connectivity index (χ4v) is 1.78. The van der Waals surface area contributed by atoms with E-state index in [4.69, 9.17) is 5.11 Å². The van der Waals surface area contributed by atoms with Crippen LogP contribution in [-0.4, -0.2) is 17.0 Å². The van der Waals surface area contributed by atoms with Crippen LogP contribution in [0.1, 0.15) is 33.1 Å². The van der Waals surface area contributed by atoms with Gasteiger partial charge in [0.1, 0.15) is 0 Å². The van der Waals surface area contributed by atoms with Gasteiger partial charge in [-0.3, -0.25) is 4.79 Å². The molecule has 0 amide bonds. The summed E-state index contributed by atoms with van der Waals surface area (Å²) in [5.74, 6) is -4.82. The average Bonchev–Trinajstić information content (AvgIpc) is 1.95. The molecule has 76 valence electrons. The van der Waals surface area contributed by atoms with Gasteiger partial charge in [-0.1, -0.05) is 13.8 Å². The van der Waals surface area contributed by atoms with Crippen molar-refractivity contribution in [3.63, 3.8) is 0 Å². The molecule has 0 aromatic carbocycles. The van der Waals surface area contributed by atoms with Crippen LogP contribution in [0.3, 0.4) is 0 Å². The Morgan fingerprint density at radius 2 is 1.92 bits per heavy atom. The van der Waals surface area contributed by atoms with Crippen molar-refractivity contribution in [2.75, 3.05) is 0 Å². The van der Waals surface area contributed by atoms with Gasteiger partial charge in [-0.25, -0.2) is 8.78 Å². The summed E-state index contributed by atoms with van der Waals surface area (Å²) < 4.78 is 25.8. The standard InChI is InChI=1S/C9H14F2O2/c1-8(2)3-4-9(10,11)5-6(8)7(12)13/h6H,3-5H2,1-2H3,(H,12,13). The van der Waals surface area contributed by atoms with E-state index in [2.05, 4.69) is 0 Å². The van der Waals surface area contributed by atoms with Crippen molar-refractivity contribution in [1.82, 2.24) is 0 Å². The van der Waals surface area contributed by atoms with Crippen LogP contribution in [0, 0.1) is 11.3 Å². The third-order valence-electron chi connectivity index (χ3n) is 2.88. The number of carboxylic acid groups (broad SMARTS) is 1. The van der Waals surface area contributed by atoms with Gasteiger partial charge in [0.05, 0.1) is 5.92 Å². The summed E-state index contributed by atoms with van der Waals surface area (Å²) in [6.45, 7) is 3.47. The Labute approximate surface area is 75.9 Å². The number of rotatable bonds is 1. The second-order valence-corrected chi connectivity index (χ2v) is 4.44. The Balaban J connectivity index is 2.82. The van der Waals surface area contributed by atoms with Gasteiger partial charge in [0.2, 0.25) is 5.92 Å². The summed E-state index contributed by atoms with van der Waals surface area (Å²) in [6, 6.07) is 0. The highest BCUT2D eigenvalue weighted by molar-refractivity contribution is 5.71. The first-order valence-corrected chi connectivity index (χ1v) is 4.35. The number of carboxylic acids is 1. The van der Waals surface area contributed by atoms with E-state index in [9.17, 15) is 13.6 Å². The van der Waals surface area contributed by atoms with E-state index in [-0.39, 0.29) is 12.8 Å². The quantitative estimate of drug-likeness (QED) is 0.693. The van der Waals surface area contributed by atoms with Crippen LogP contribution in [0.25, 0.3) is 0 Å². The minimum atomic E-state index is -2.79. The van der Waals surface area contributed by atoms with Gasteiger partial charge in [0, 0.05) is 12.8 Å². The maximum Gasteiger partial charge on any atom is 0.307 e. The zero-order valence-corrected chi connectivity index (χ0v) is 7.81. The summed E-state index contributed by atoms with van der Waals surface area (Å²) in [6.07, 6.45) is -0.434. The SMILES string of the molecule is CC1(C)CCC(F)(F)CC1C(=O)O. The molecule has 13 heavy (non-hydrogen) atoms. The van der Waals surface area contributed by atoms with Gasteiger partial charge in [0.15, 0.2) is 0 Å². The zero-order chi connectivity index (χ0) is 10.3. The Hall–Kier alpha value is -0.670. The molecule has 1 fully saturated rings. The van der Waals surface area contributed by atoms with Gasteiger partial charge in [-0.15, -0.1) is 0 Å². The first-order chi connectivity index (χ1) is 5.75. The highest BCUT2D eigenvalue weighted by atomic mass is 19.3. The van der Waals surface area contributed by atoms with Crippen molar-refractivity contribution >= 4 is 5.97 Å². The van der Waals surface area contributed by atoms with E-state index in [0.717, 1.165) is 0 Å². The molecule has 0 aromatic heterocycles. The summed E-state index contributed by atoms with van der Waals surface area (Å²) in [7, 11) is 0. The fraction of sp³-hybridized carbons (Fsp3) is 0.889. The summed E-state index contributed by atoms with van der Waals surface area (Å²) in [5.41, 5.74) is -0.506. The smallest absolute Gasteiger partial charge is 0.307 e. The van der Waals surface area contributed by atoms with Crippen LogP contribution in [0.4, 0.5) is 8.78 Å². The molecule has 1 aliphatic rings. The summed E-state index contributed by atoms with van der Waals surface area (Å²) >= 11 is 0. The van der Waals surface area contributed by atoms with Crippen molar-refractivity contribution < 1.29 is 18.7 Å². The Morgan fingerprint density at radius 1 is 1.38 bits per heavy atom. The third-order valence-corrected chi connectivity index (χ3v) is 2.88. The molecule has 4 heteroatoms. The molecule has 1 N–H and O–H groups in total.